The average Bonchev–Trinajstić information content (AvgIpc) is 1.84. The quantitative estimate of drug-likeness (QED) is 0.556. The van der Waals surface area contributed by atoms with E-state index >= 15 is 0 Å². The predicted molar refractivity (Wildman–Crippen MR) is 56.9 cm³/mol. The van der Waals surface area contributed by atoms with Crippen molar-refractivity contribution in [1.82, 2.24) is 0 Å². The predicted octanol–water partition coefficient (Wildman–Crippen LogP) is 3.55. The molecule has 0 spiro atoms. The molecule has 0 unspecified atom stereocenters. The lowest BCUT2D eigenvalue weighted by Crippen LogP contribution is -2.15. The Morgan fingerprint density at radius 3 is 1.45 bits per heavy atom. The molecule has 0 aromatic carbocycles. The molecule has 0 aliphatic heterocycles. The van der Waals surface area contributed by atoms with Gasteiger partial charge in [-0.25, -0.2) is 0 Å². The van der Waals surface area contributed by atoms with Gasteiger partial charge < -0.3 is 0 Å². The molecule has 0 N–H and O–H groups in total. The Kier molecular flexibility index (Phi) is 5.93. The minimum Gasteiger partial charge on any atom is -0.0680 e. The van der Waals surface area contributed by atoms with Crippen molar-refractivity contribution in [2.75, 3.05) is 0 Å². The zero-order valence-electron chi connectivity index (χ0n) is 8.85. The third kappa shape index (κ3) is 6.61. The maximum Gasteiger partial charge on any atom is 0.0370 e. The van der Waals surface area contributed by atoms with Gasteiger partial charge in [-0.15, -0.1) is 0 Å². The molecule has 0 nitrogen and oxygen atoms in total. The summed E-state index contributed by atoms with van der Waals surface area (Å²) < 4.78 is 0. The fraction of sp³-hybridized carbons (Fsp3) is 1.00. The van der Waals surface area contributed by atoms with E-state index in [1.807, 2.05) is 0 Å². The minimum atomic E-state index is -0.329. The molecule has 0 aliphatic rings. The summed E-state index contributed by atoms with van der Waals surface area (Å²) in [7, 11) is -0.329. The molecule has 0 rings (SSSR count). The Bertz CT molecular complexity index is 76.9. The van der Waals surface area contributed by atoms with Gasteiger partial charge in [0.2, 0.25) is 0 Å². The van der Waals surface area contributed by atoms with Gasteiger partial charge in [0.1, 0.15) is 0 Å². The first-order chi connectivity index (χ1) is 5.06. The van der Waals surface area contributed by atoms with E-state index in [0.29, 0.717) is 0 Å². The second kappa shape index (κ2) is 5.82. The van der Waals surface area contributed by atoms with E-state index in [1.54, 1.807) is 12.1 Å². The van der Waals surface area contributed by atoms with E-state index < -0.39 is 0 Å². The van der Waals surface area contributed by atoms with Crippen LogP contribution in [0.15, 0.2) is 0 Å². The fourth-order valence-electron chi connectivity index (χ4n) is 1.76. The summed E-state index contributed by atoms with van der Waals surface area (Å²) in [6, 6.07) is 4.60. The van der Waals surface area contributed by atoms with Crippen molar-refractivity contribution in [2.24, 2.45) is 11.8 Å². The van der Waals surface area contributed by atoms with Crippen LogP contribution in [-0.4, -0.2) is 8.80 Å². The van der Waals surface area contributed by atoms with Crippen molar-refractivity contribution in [2.45, 2.75) is 52.8 Å². The third-order valence-corrected chi connectivity index (χ3v) is 6.56. The monoisotopic (exact) mass is 172 g/mol. The van der Waals surface area contributed by atoms with Crippen molar-refractivity contribution in [3.63, 3.8) is 0 Å². The topological polar surface area (TPSA) is 0 Å². The second-order valence-corrected chi connectivity index (χ2v) is 8.02. The highest BCUT2D eigenvalue weighted by Gasteiger charge is 2.11. The van der Waals surface area contributed by atoms with Gasteiger partial charge in [-0.05, 0) is 11.8 Å². The normalized spacial score (nSPS) is 12.0. The molecule has 0 saturated heterocycles. The number of hydrogen-bond acceptors (Lipinski definition) is 0. The molecule has 0 aromatic rings. The van der Waals surface area contributed by atoms with Crippen LogP contribution in [-0.2, 0) is 0 Å². The fourth-order valence-corrected chi connectivity index (χ4v) is 5.29. The van der Waals surface area contributed by atoms with Crippen molar-refractivity contribution < 1.29 is 0 Å². The molecule has 11 heavy (non-hydrogen) atoms. The molecule has 68 valence electrons. The second-order valence-electron chi connectivity index (χ2n) is 4.53. The van der Waals surface area contributed by atoms with Gasteiger partial charge in [0.15, 0.2) is 0 Å². The molecule has 0 aromatic heterocycles. The molecule has 0 atom stereocenters. The van der Waals surface area contributed by atoms with Crippen LogP contribution >= 0.6 is 0 Å². The van der Waals surface area contributed by atoms with Crippen LogP contribution in [0, 0.1) is 11.8 Å². The summed E-state index contributed by atoms with van der Waals surface area (Å²) in [6.45, 7) is 11.8. The average molecular weight is 172 g/mol. The molecule has 0 fully saturated rings. The smallest absolute Gasteiger partial charge is 0.0370 e. The molecule has 0 amide bonds. The van der Waals surface area contributed by atoms with Crippen molar-refractivity contribution in [1.29, 1.82) is 0 Å². The molecular formula is C10H24Si. The van der Waals surface area contributed by atoms with Crippen molar-refractivity contribution in [3.05, 3.63) is 0 Å². The van der Waals surface area contributed by atoms with Crippen LogP contribution in [0.2, 0.25) is 18.1 Å². The molecule has 0 heterocycles. The van der Waals surface area contributed by atoms with E-state index in [0.717, 1.165) is 11.8 Å². The maximum absolute atomic E-state index is 2.38. The van der Waals surface area contributed by atoms with Crippen LogP contribution in [0.3, 0.4) is 0 Å². The van der Waals surface area contributed by atoms with E-state index in [1.165, 1.54) is 6.04 Å². The van der Waals surface area contributed by atoms with Gasteiger partial charge in [-0.2, -0.15) is 0 Å². The standard InChI is InChI=1S/C10H24Si/c1-6-11(7-9(2)3)8-10(4)5/h9-11H,6-8H2,1-5H3. The zero-order chi connectivity index (χ0) is 8.85. The maximum atomic E-state index is 2.38. The van der Waals surface area contributed by atoms with Gasteiger partial charge in [0.05, 0.1) is 0 Å². The van der Waals surface area contributed by atoms with Gasteiger partial charge in [0, 0.05) is 8.80 Å². The van der Waals surface area contributed by atoms with E-state index in [4.69, 9.17) is 0 Å². The number of hydrogen-bond donors (Lipinski definition) is 0. The van der Waals surface area contributed by atoms with Gasteiger partial charge >= 0.3 is 0 Å². The van der Waals surface area contributed by atoms with Gasteiger partial charge in [0.25, 0.3) is 0 Å². The summed E-state index contributed by atoms with van der Waals surface area (Å²) in [4.78, 5) is 0. The first-order valence-electron chi connectivity index (χ1n) is 5.06. The van der Waals surface area contributed by atoms with E-state index in [9.17, 15) is 0 Å². The Morgan fingerprint density at radius 2 is 1.27 bits per heavy atom. The van der Waals surface area contributed by atoms with Crippen LogP contribution in [0.5, 0.6) is 0 Å². The van der Waals surface area contributed by atoms with Gasteiger partial charge in [-0.3, -0.25) is 0 Å². The first kappa shape index (κ1) is 11.2. The highest BCUT2D eigenvalue weighted by Crippen LogP contribution is 2.16. The summed E-state index contributed by atoms with van der Waals surface area (Å²) in [5, 5.41) is 0. The summed E-state index contributed by atoms with van der Waals surface area (Å²) in [6.07, 6.45) is 0. The Hall–Kier alpha value is 0.217. The number of rotatable bonds is 5. The lowest BCUT2D eigenvalue weighted by Gasteiger charge is -2.17. The van der Waals surface area contributed by atoms with E-state index in [2.05, 4.69) is 34.6 Å². The molecule has 1 heteroatoms. The third-order valence-electron chi connectivity index (χ3n) is 2.19. The molecule has 0 saturated carbocycles. The SMILES string of the molecule is CC[SiH](CC(C)C)CC(C)C. The summed E-state index contributed by atoms with van der Waals surface area (Å²) >= 11 is 0. The highest BCUT2D eigenvalue weighted by molar-refractivity contribution is 6.58. The summed E-state index contributed by atoms with van der Waals surface area (Å²) in [5.41, 5.74) is 0. The minimum absolute atomic E-state index is 0.329. The lowest BCUT2D eigenvalue weighted by atomic mass is 10.3. The van der Waals surface area contributed by atoms with Crippen LogP contribution in [0.4, 0.5) is 0 Å². The first-order valence-corrected chi connectivity index (χ1v) is 7.51. The summed E-state index contributed by atoms with van der Waals surface area (Å²) in [5.74, 6) is 1.87. The Labute approximate surface area is 74.0 Å². The lowest BCUT2D eigenvalue weighted by molar-refractivity contribution is 0.688. The zero-order valence-corrected chi connectivity index (χ0v) is 10.0. The molecular weight excluding hydrogens is 148 g/mol. The Morgan fingerprint density at radius 1 is 0.909 bits per heavy atom. The van der Waals surface area contributed by atoms with Crippen molar-refractivity contribution >= 4 is 8.80 Å². The van der Waals surface area contributed by atoms with Crippen LogP contribution < -0.4 is 0 Å². The largest absolute Gasteiger partial charge is 0.0680 e. The van der Waals surface area contributed by atoms with Gasteiger partial charge in [-0.1, -0.05) is 52.8 Å². The van der Waals surface area contributed by atoms with Crippen LogP contribution in [0.25, 0.3) is 0 Å². The van der Waals surface area contributed by atoms with Crippen LogP contribution in [0.1, 0.15) is 34.6 Å². The highest BCUT2D eigenvalue weighted by atomic mass is 28.3. The molecule has 0 bridgehead atoms. The van der Waals surface area contributed by atoms with Crippen molar-refractivity contribution in [3.8, 4) is 0 Å². The molecule has 0 radical (unpaired) electrons. The Balaban J connectivity index is 3.58. The molecule has 0 aliphatic carbocycles. The van der Waals surface area contributed by atoms with E-state index in [-0.39, 0.29) is 8.80 Å².